The highest BCUT2D eigenvalue weighted by Crippen LogP contribution is 2.17. The van der Waals surface area contributed by atoms with Gasteiger partial charge in [-0.05, 0) is 32.8 Å². The lowest BCUT2D eigenvalue weighted by atomic mass is 9.96. The third-order valence-electron chi connectivity index (χ3n) is 4.42. The Morgan fingerprint density at radius 1 is 1.47 bits per heavy atom. The Bertz CT molecular complexity index is 401. The molecule has 0 amide bonds. The third kappa shape index (κ3) is 3.57. The fraction of sp³-hybridized carbons (Fsp3) is 0.800. The van der Waals surface area contributed by atoms with Crippen molar-refractivity contribution >= 4 is 0 Å². The monoisotopic (exact) mass is 264 g/mol. The Balaban J connectivity index is 1.95. The summed E-state index contributed by atoms with van der Waals surface area (Å²) in [6.45, 7) is 13.3. The van der Waals surface area contributed by atoms with Crippen LogP contribution in [0.4, 0.5) is 0 Å². The van der Waals surface area contributed by atoms with Gasteiger partial charge in [0.05, 0.1) is 5.69 Å². The normalized spacial score (nSPS) is 26.5. The first-order valence-electron chi connectivity index (χ1n) is 7.57. The fourth-order valence-electron chi connectivity index (χ4n) is 2.64. The highest BCUT2D eigenvalue weighted by Gasteiger charge is 2.28. The summed E-state index contributed by atoms with van der Waals surface area (Å²) in [5, 5.41) is 8.33. The second-order valence-corrected chi connectivity index (χ2v) is 6.10. The maximum absolute atomic E-state index is 4.70. The maximum atomic E-state index is 4.70. The zero-order chi connectivity index (χ0) is 13.9. The third-order valence-corrected chi connectivity index (χ3v) is 4.42. The number of rotatable bonds is 5. The van der Waals surface area contributed by atoms with Gasteiger partial charge in [-0.3, -0.25) is 9.58 Å². The van der Waals surface area contributed by atoms with Crippen LogP contribution in [0.15, 0.2) is 12.3 Å². The van der Waals surface area contributed by atoms with Gasteiger partial charge in [-0.2, -0.15) is 5.10 Å². The molecule has 19 heavy (non-hydrogen) atoms. The van der Waals surface area contributed by atoms with Crippen LogP contribution in [-0.2, 0) is 6.54 Å². The van der Waals surface area contributed by atoms with Crippen LogP contribution in [0.5, 0.6) is 0 Å². The van der Waals surface area contributed by atoms with Crippen molar-refractivity contribution < 1.29 is 0 Å². The van der Waals surface area contributed by atoms with Gasteiger partial charge in [0.2, 0.25) is 0 Å². The topological polar surface area (TPSA) is 33.1 Å². The summed E-state index contributed by atoms with van der Waals surface area (Å²) in [5.41, 5.74) is 1.46. The van der Waals surface area contributed by atoms with Gasteiger partial charge in [0.15, 0.2) is 0 Å². The Hall–Kier alpha value is -0.870. The van der Waals surface area contributed by atoms with E-state index in [0.717, 1.165) is 32.6 Å². The van der Waals surface area contributed by atoms with E-state index >= 15 is 0 Å². The van der Waals surface area contributed by atoms with Gasteiger partial charge >= 0.3 is 0 Å². The highest BCUT2D eigenvalue weighted by atomic mass is 15.3. The second-order valence-electron chi connectivity index (χ2n) is 6.10. The first-order valence-corrected chi connectivity index (χ1v) is 7.57. The van der Waals surface area contributed by atoms with Crippen molar-refractivity contribution in [2.75, 3.05) is 19.6 Å². The molecule has 2 rings (SSSR count). The predicted octanol–water partition coefficient (Wildman–Crippen LogP) is 2.43. The van der Waals surface area contributed by atoms with Crippen molar-refractivity contribution in [2.45, 2.75) is 58.7 Å². The van der Waals surface area contributed by atoms with Crippen molar-refractivity contribution in [1.29, 1.82) is 0 Å². The zero-order valence-corrected chi connectivity index (χ0v) is 12.8. The van der Waals surface area contributed by atoms with Crippen molar-refractivity contribution in [2.24, 2.45) is 0 Å². The Morgan fingerprint density at radius 3 is 2.95 bits per heavy atom. The van der Waals surface area contributed by atoms with Crippen molar-refractivity contribution in [3.8, 4) is 0 Å². The average Bonchev–Trinajstić information content (AvgIpc) is 2.86. The first kappa shape index (κ1) is 14.5. The summed E-state index contributed by atoms with van der Waals surface area (Å²) in [5.74, 6) is 0. The lowest BCUT2D eigenvalue weighted by Gasteiger charge is -2.40. The molecule has 1 saturated heterocycles. The van der Waals surface area contributed by atoms with Crippen LogP contribution in [0.2, 0.25) is 0 Å². The molecule has 1 aromatic rings. The minimum Gasteiger partial charge on any atom is -0.309 e. The zero-order valence-electron chi connectivity index (χ0n) is 12.8. The van der Waals surface area contributed by atoms with Crippen LogP contribution in [0.3, 0.4) is 0 Å². The maximum Gasteiger partial charge on any atom is 0.0764 e. The summed E-state index contributed by atoms with van der Waals surface area (Å²) < 4.78 is 2.09. The van der Waals surface area contributed by atoms with Gasteiger partial charge in [0, 0.05) is 44.0 Å². The van der Waals surface area contributed by atoms with E-state index in [1.165, 1.54) is 12.1 Å². The van der Waals surface area contributed by atoms with Gasteiger partial charge in [0.1, 0.15) is 0 Å². The Labute approximate surface area is 117 Å². The molecule has 0 bridgehead atoms. The summed E-state index contributed by atoms with van der Waals surface area (Å²) in [6, 6.07) is 2.66. The van der Waals surface area contributed by atoms with E-state index in [4.69, 9.17) is 5.10 Å². The largest absolute Gasteiger partial charge is 0.309 e. The molecule has 2 unspecified atom stereocenters. The molecule has 108 valence electrons. The van der Waals surface area contributed by atoms with E-state index in [9.17, 15) is 0 Å². The molecule has 1 N–H and O–H groups in total. The van der Waals surface area contributed by atoms with E-state index in [-0.39, 0.29) is 5.54 Å². The summed E-state index contributed by atoms with van der Waals surface area (Å²) in [6.07, 6.45) is 4.41. The molecule has 1 aliphatic heterocycles. The highest BCUT2D eigenvalue weighted by molar-refractivity contribution is 5.01. The van der Waals surface area contributed by atoms with Crippen LogP contribution in [0.25, 0.3) is 0 Å². The number of hydrogen-bond acceptors (Lipinski definition) is 3. The molecule has 2 heterocycles. The Kier molecular flexibility index (Phi) is 4.63. The Morgan fingerprint density at radius 2 is 2.26 bits per heavy atom. The number of nitrogens with one attached hydrogen (secondary N) is 1. The van der Waals surface area contributed by atoms with Crippen LogP contribution >= 0.6 is 0 Å². The number of nitrogens with zero attached hydrogens (tertiary/aromatic N) is 3. The van der Waals surface area contributed by atoms with Gasteiger partial charge < -0.3 is 5.32 Å². The molecule has 4 nitrogen and oxygen atoms in total. The molecule has 0 saturated carbocycles. The molecule has 0 aliphatic carbocycles. The number of piperazine rings is 1. The molecule has 0 aromatic carbocycles. The summed E-state index contributed by atoms with van der Waals surface area (Å²) >= 11 is 0. The molecule has 0 radical (unpaired) electrons. The molecule has 1 aliphatic rings. The van der Waals surface area contributed by atoms with E-state index < -0.39 is 0 Å². The van der Waals surface area contributed by atoms with Crippen molar-refractivity contribution in [3.63, 3.8) is 0 Å². The van der Waals surface area contributed by atoms with Crippen LogP contribution in [0, 0.1) is 0 Å². The van der Waals surface area contributed by atoms with E-state index in [0.29, 0.717) is 6.04 Å². The molecule has 1 aromatic heterocycles. The standard InChI is InChI=1S/C15H28N4/c1-5-13(3)19-9-7-14(17-19)11-18-10-8-16-15(4,6-2)12-18/h7,9,13,16H,5-6,8,10-12H2,1-4H3. The predicted molar refractivity (Wildman–Crippen MR) is 79.2 cm³/mol. The minimum absolute atomic E-state index is 0.261. The van der Waals surface area contributed by atoms with Crippen molar-refractivity contribution in [3.05, 3.63) is 18.0 Å². The lowest BCUT2D eigenvalue weighted by molar-refractivity contribution is 0.132. The van der Waals surface area contributed by atoms with Crippen LogP contribution in [0.1, 0.15) is 52.3 Å². The lowest BCUT2D eigenvalue weighted by Crippen LogP contribution is -2.58. The average molecular weight is 264 g/mol. The molecular formula is C15H28N4. The molecular weight excluding hydrogens is 236 g/mol. The first-order chi connectivity index (χ1) is 9.06. The van der Waals surface area contributed by atoms with E-state index in [1.54, 1.807) is 0 Å². The van der Waals surface area contributed by atoms with Gasteiger partial charge in [-0.25, -0.2) is 0 Å². The molecule has 0 spiro atoms. The summed E-state index contributed by atoms with van der Waals surface area (Å²) in [7, 11) is 0. The van der Waals surface area contributed by atoms with E-state index in [2.05, 4.69) is 54.9 Å². The van der Waals surface area contributed by atoms with Gasteiger partial charge in [0.25, 0.3) is 0 Å². The van der Waals surface area contributed by atoms with Crippen LogP contribution in [-0.4, -0.2) is 39.9 Å². The van der Waals surface area contributed by atoms with Crippen molar-refractivity contribution in [1.82, 2.24) is 20.0 Å². The number of hydrogen-bond donors (Lipinski definition) is 1. The quantitative estimate of drug-likeness (QED) is 0.886. The summed E-state index contributed by atoms with van der Waals surface area (Å²) in [4.78, 5) is 2.52. The smallest absolute Gasteiger partial charge is 0.0764 e. The van der Waals surface area contributed by atoms with Gasteiger partial charge in [-0.1, -0.05) is 13.8 Å². The molecule has 1 fully saturated rings. The second kappa shape index (κ2) is 6.06. The minimum atomic E-state index is 0.261. The molecule has 4 heteroatoms. The van der Waals surface area contributed by atoms with Gasteiger partial charge in [-0.15, -0.1) is 0 Å². The number of aromatic nitrogens is 2. The van der Waals surface area contributed by atoms with E-state index in [1.807, 2.05) is 0 Å². The van der Waals surface area contributed by atoms with Crippen LogP contribution < -0.4 is 5.32 Å². The molecule has 2 atom stereocenters. The fourth-order valence-corrected chi connectivity index (χ4v) is 2.64. The SMILES string of the molecule is CCC(C)n1ccc(CN2CCNC(C)(CC)C2)n1.